The smallest absolute Gasteiger partial charge is 0.445 e. The van der Waals surface area contributed by atoms with Gasteiger partial charge in [0.15, 0.2) is 0 Å². The van der Waals surface area contributed by atoms with Gasteiger partial charge >= 0.3 is 58.4 Å². The molecule has 0 N–H and O–H groups in total. The van der Waals surface area contributed by atoms with E-state index < -0.39 is 18.3 Å². The van der Waals surface area contributed by atoms with Crippen molar-refractivity contribution >= 4 is 18.3 Å². The van der Waals surface area contributed by atoms with Crippen LogP contribution >= 0.6 is 0 Å². The van der Waals surface area contributed by atoms with Crippen molar-refractivity contribution in [3.05, 3.63) is 29.8 Å². The van der Waals surface area contributed by atoms with Gasteiger partial charge < -0.3 is 12.9 Å². The number of amides is 1. The normalized spacial score (nSPS) is 10.6. The molecule has 8 heteroatoms. The Labute approximate surface area is 140 Å². The molecule has 0 aliphatic heterocycles. The second-order valence-electron chi connectivity index (χ2n) is 3.18. The summed E-state index contributed by atoms with van der Waals surface area (Å²) >= 11 is 0. The maximum atomic E-state index is 12.3. The predicted molar refractivity (Wildman–Crippen MR) is 54.3 cm³/mol. The van der Waals surface area contributed by atoms with Gasteiger partial charge in [-0.15, -0.1) is 5.46 Å². The maximum absolute atomic E-state index is 12.3. The first-order valence-corrected chi connectivity index (χ1v) is 4.48. The standard InChI is InChI=1S/C9H10BF3NO2.K/c1-14(16-2)9(15)7-3-5-8(6-4-7)10(11,12)13;/h3-6H,1-2H3;/q-1;+1. The molecule has 1 amide bonds. The van der Waals surface area contributed by atoms with Gasteiger partial charge in [0, 0.05) is 12.6 Å². The van der Waals surface area contributed by atoms with Crippen LogP contribution < -0.4 is 56.8 Å². The van der Waals surface area contributed by atoms with Crippen molar-refractivity contribution in [2.45, 2.75) is 0 Å². The van der Waals surface area contributed by atoms with Crippen molar-refractivity contribution in [2.75, 3.05) is 14.2 Å². The number of hydroxylamine groups is 2. The summed E-state index contributed by atoms with van der Waals surface area (Å²) in [6.45, 7) is -5.02. The van der Waals surface area contributed by atoms with Gasteiger partial charge in [0.2, 0.25) is 0 Å². The molecule has 0 spiro atoms. The van der Waals surface area contributed by atoms with E-state index in [9.17, 15) is 17.7 Å². The van der Waals surface area contributed by atoms with Crippen LogP contribution in [0.5, 0.6) is 0 Å². The van der Waals surface area contributed by atoms with Gasteiger partial charge in [-0.1, -0.05) is 24.3 Å². The van der Waals surface area contributed by atoms with E-state index in [4.69, 9.17) is 0 Å². The monoisotopic (exact) mass is 271 g/mol. The number of nitrogens with zero attached hydrogens (tertiary/aromatic N) is 1. The van der Waals surface area contributed by atoms with Crippen molar-refractivity contribution < 1.29 is 74.0 Å². The second kappa shape index (κ2) is 6.91. The molecule has 0 aromatic heterocycles. The third kappa shape index (κ3) is 4.72. The average molecular weight is 271 g/mol. The minimum atomic E-state index is -5.02. The molecule has 0 bridgehead atoms. The summed E-state index contributed by atoms with van der Waals surface area (Å²) < 4.78 is 36.9. The number of hydrogen-bond donors (Lipinski definition) is 0. The largest absolute Gasteiger partial charge is 1.00 e. The Bertz CT molecular complexity index is 383. The fourth-order valence-corrected chi connectivity index (χ4v) is 1.11. The summed E-state index contributed by atoms with van der Waals surface area (Å²) in [5.41, 5.74) is -0.579. The quantitative estimate of drug-likeness (QED) is 0.488. The first kappa shape index (κ1) is 17.1. The van der Waals surface area contributed by atoms with E-state index in [1.807, 2.05) is 0 Å². The van der Waals surface area contributed by atoms with E-state index in [1.165, 1.54) is 14.2 Å². The molecular formula is C9H10BF3KNO2. The summed E-state index contributed by atoms with van der Waals surface area (Å²) in [7, 11) is 2.68. The Balaban J connectivity index is 0.00000256. The van der Waals surface area contributed by atoms with Crippen LogP contribution in [0.2, 0.25) is 0 Å². The van der Waals surface area contributed by atoms with Crippen molar-refractivity contribution in [3.63, 3.8) is 0 Å². The van der Waals surface area contributed by atoms with Gasteiger partial charge in [-0.05, 0) is 0 Å². The third-order valence-corrected chi connectivity index (χ3v) is 2.10. The number of carbonyl (C=O) groups is 1. The summed E-state index contributed by atoms with van der Waals surface area (Å²) in [5, 5.41) is 0.938. The molecule has 0 aliphatic rings. The molecule has 88 valence electrons. The van der Waals surface area contributed by atoms with Gasteiger partial charge in [-0.2, -0.15) is 0 Å². The predicted octanol–water partition coefficient (Wildman–Crippen LogP) is -1.62. The van der Waals surface area contributed by atoms with Crippen LogP contribution in [0.4, 0.5) is 12.9 Å². The minimum absolute atomic E-state index is 0. The van der Waals surface area contributed by atoms with E-state index in [1.54, 1.807) is 0 Å². The molecule has 1 aromatic carbocycles. The molecule has 0 unspecified atom stereocenters. The molecule has 0 atom stereocenters. The number of rotatable bonds is 3. The van der Waals surface area contributed by atoms with Gasteiger partial charge in [0.25, 0.3) is 5.91 Å². The second-order valence-corrected chi connectivity index (χ2v) is 3.18. The van der Waals surface area contributed by atoms with Gasteiger partial charge in [0.1, 0.15) is 0 Å². The Morgan fingerprint density at radius 3 is 2.06 bits per heavy atom. The Hall–Kier alpha value is 0.141. The molecular weight excluding hydrogens is 261 g/mol. The number of carbonyl (C=O) groups excluding carboxylic acids is 1. The van der Waals surface area contributed by atoms with E-state index in [-0.39, 0.29) is 56.9 Å². The van der Waals surface area contributed by atoms with Crippen LogP contribution in [0, 0.1) is 0 Å². The zero-order valence-electron chi connectivity index (χ0n) is 9.78. The molecule has 0 saturated carbocycles. The number of benzene rings is 1. The molecule has 17 heavy (non-hydrogen) atoms. The molecule has 0 fully saturated rings. The summed E-state index contributed by atoms with van der Waals surface area (Å²) in [6, 6.07) is 4.03. The van der Waals surface area contributed by atoms with Gasteiger partial charge in [-0.3, -0.25) is 9.63 Å². The summed E-state index contributed by atoms with van der Waals surface area (Å²) in [4.78, 5) is 16.1. The number of hydrogen-bond acceptors (Lipinski definition) is 2. The van der Waals surface area contributed by atoms with E-state index in [0.29, 0.717) is 0 Å². The molecule has 3 nitrogen and oxygen atoms in total. The zero-order valence-corrected chi connectivity index (χ0v) is 12.9. The summed E-state index contributed by atoms with van der Waals surface area (Å²) in [6.07, 6.45) is 0. The minimum Gasteiger partial charge on any atom is -0.445 e. The first-order valence-electron chi connectivity index (χ1n) is 4.48. The zero-order chi connectivity index (χ0) is 12.3. The molecule has 0 saturated heterocycles. The van der Waals surface area contributed by atoms with E-state index >= 15 is 0 Å². The van der Waals surface area contributed by atoms with Crippen LogP contribution in [0.1, 0.15) is 10.4 Å². The molecule has 1 aromatic rings. The first-order chi connectivity index (χ1) is 7.36. The van der Waals surface area contributed by atoms with Crippen LogP contribution in [0.3, 0.4) is 0 Å². The van der Waals surface area contributed by atoms with Crippen molar-refractivity contribution in [1.82, 2.24) is 5.06 Å². The topological polar surface area (TPSA) is 29.5 Å². The maximum Gasteiger partial charge on any atom is 1.00 e. The molecule has 0 radical (unpaired) electrons. The van der Waals surface area contributed by atoms with Crippen LogP contribution in [-0.2, 0) is 4.84 Å². The van der Waals surface area contributed by atoms with Crippen molar-refractivity contribution in [1.29, 1.82) is 0 Å². The Kier molecular flexibility index (Phi) is 6.97. The van der Waals surface area contributed by atoms with Crippen LogP contribution in [0.25, 0.3) is 0 Å². The van der Waals surface area contributed by atoms with Crippen molar-refractivity contribution in [2.24, 2.45) is 0 Å². The SMILES string of the molecule is CON(C)C(=O)c1ccc([B-](F)(F)F)cc1.[K+]. The van der Waals surface area contributed by atoms with Gasteiger partial charge in [0.05, 0.1) is 7.11 Å². The molecule has 0 aliphatic carbocycles. The summed E-state index contributed by atoms with van der Waals surface area (Å²) in [5.74, 6) is -0.497. The van der Waals surface area contributed by atoms with Crippen LogP contribution in [-0.4, -0.2) is 32.1 Å². The van der Waals surface area contributed by atoms with Gasteiger partial charge in [-0.25, -0.2) is 5.06 Å². The molecule has 0 heterocycles. The Morgan fingerprint density at radius 1 is 1.24 bits per heavy atom. The number of halogens is 3. The van der Waals surface area contributed by atoms with E-state index in [2.05, 4.69) is 4.84 Å². The van der Waals surface area contributed by atoms with Crippen molar-refractivity contribution in [3.8, 4) is 0 Å². The average Bonchev–Trinajstić information content (AvgIpc) is 2.26. The third-order valence-electron chi connectivity index (χ3n) is 2.10. The van der Waals surface area contributed by atoms with E-state index in [0.717, 1.165) is 29.3 Å². The molecule has 1 rings (SSSR count). The fraction of sp³-hybridized carbons (Fsp3) is 0.222. The fourth-order valence-electron chi connectivity index (χ4n) is 1.11. The van der Waals surface area contributed by atoms with Crippen LogP contribution in [0.15, 0.2) is 24.3 Å². The Morgan fingerprint density at radius 2 is 1.71 bits per heavy atom.